The van der Waals surface area contributed by atoms with Gasteiger partial charge in [0.1, 0.15) is 5.75 Å². The Kier molecular flexibility index (Phi) is 8.15. The summed E-state index contributed by atoms with van der Waals surface area (Å²) in [7, 11) is 0. The minimum atomic E-state index is -2.91. The van der Waals surface area contributed by atoms with Crippen LogP contribution in [-0.4, -0.2) is 12.5 Å². The van der Waals surface area contributed by atoms with Gasteiger partial charge in [-0.1, -0.05) is 36.4 Å². The van der Waals surface area contributed by atoms with Gasteiger partial charge in [0.05, 0.1) is 6.04 Å². The van der Waals surface area contributed by atoms with Crippen molar-refractivity contribution in [3.05, 3.63) is 59.7 Å². The predicted octanol–water partition coefficient (Wildman–Crippen LogP) is 4.10. The van der Waals surface area contributed by atoms with Crippen LogP contribution in [0.3, 0.4) is 0 Å². The number of carbonyl (C=O) groups is 1. The molecule has 0 heterocycles. The number of hydrogen-bond donors (Lipinski definition) is 2. The van der Waals surface area contributed by atoms with E-state index < -0.39 is 12.7 Å². The van der Waals surface area contributed by atoms with E-state index in [-0.39, 0.29) is 30.5 Å². The van der Waals surface area contributed by atoms with E-state index in [2.05, 4.69) is 10.1 Å². The minimum Gasteiger partial charge on any atom is -0.434 e. The fourth-order valence-electron chi connectivity index (χ4n) is 2.44. The zero-order valence-electron chi connectivity index (χ0n) is 13.7. The number of ether oxygens (including phenoxy) is 1. The number of anilines is 1. The third-order valence-electron chi connectivity index (χ3n) is 3.66. The molecule has 0 saturated carbocycles. The van der Waals surface area contributed by atoms with E-state index in [1.54, 1.807) is 31.2 Å². The van der Waals surface area contributed by atoms with Crippen molar-refractivity contribution in [2.45, 2.75) is 32.4 Å². The molecule has 136 valence electrons. The molecule has 0 spiro atoms. The first-order chi connectivity index (χ1) is 11.5. The lowest BCUT2D eigenvalue weighted by atomic mass is 10.1. The highest BCUT2D eigenvalue weighted by atomic mass is 35.5. The van der Waals surface area contributed by atoms with E-state index in [0.717, 1.165) is 5.56 Å². The Morgan fingerprint density at radius 1 is 1.16 bits per heavy atom. The number of hydrogen-bond acceptors (Lipinski definition) is 3. The number of nitrogen functional groups attached to an aromatic ring is 1. The highest BCUT2D eigenvalue weighted by Gasteiger charge is 2.16. The van der Waals surface area contributed by atoms with Crippen LogP contribution in [0.5, 0.6) is 5.75 Å². The summed E-state index contributed by atoms with van der Waals surface area (Å²) in [6.07, 6.45) is 0.775. The molecule has 3 N–H and O–H groups in total. The standard InChI is InChI=1S/C18H20F2N2O2.ClH/c1-12(14-7-3-5-9-16(14)24-18(19)20)22-17(23)11-10-13-6-2-4-8-15(13)21;/h2-9,12,18H,10-11,21H2,1H3,(H,22,23);1H. The van der Waals surface area contributed by atoms with Crippen LogP contribution in [-0.2, 0) is 11.2 Å². The van der Waals surface area contributed by atoms with Gasteiger partial charge in [-0.3, -0.25) is 4.79 Å². The summed E-state index contributed by atoms with van der Waals surface area (Å²) in [5.74, 6) is -0.120. The molecule has 1 amide bonds. The first-order valence-corrected chi connectivity index (χ1v) is 7.64. The molecule has 0 radical (unpaired) electrons. The molecule has 0 aliphatic heterocycles. The molecule has 1 unspecified atom stereocenters. The van der Waals surface area contributed by atoms with Crippen molar-refractivity contribution in [3.8, 4) is 5.75 Å². The molecular formula is C18H21ClF2N2O2. The summed E-state index contributed by atoms with van der Waals surface area (Å²) in [6, 6.07) is 13.3. The zero-order chi connectivity index (χ0) is 17.5. The van der Waals surface area contributed by atoms with Gasteiger partial charge < -0.3 is 15.8 Å². The second-order valence-electron chi connectivity index (χ2n) is 5.40. The Bertz CT molecular complexity index is 698. The SMILES string of the molecule is CC(NC(=O)CCc1ccccc1N)c1ccccc1OC(F)F.Cl. The van der Waals surface area contributed by atoms with Crippen molar-refractivity contribution >= 4 is 24.0 Å². The summed E-state index contributed by atoms with van der Waals surface area (Å²) >= 11 is 0. The minimum absolute atomic E-state index is 0. The normalized spacial score (nSPS) is 11.5. The molecule has 2 rings (SSSR count). The van der Waals surface area contributed by atoms with Gasteiger partial charge in [0.2, 0.25) is 5.91 Å². The van der Waals surface area contributed by atoms with Gasteiger partial charge in [-0.25, -0.2) is 0 Å². The number of aryl methyl sites for hydroxylation is 1. The lowest BCUT2D eigenvalue weighted by Gasteiger charge is -2.18. The molecule has 0 aliphatic carbocycles. The number of amides is 1. The Morgan fingerprint density at radius 3 is 2.48 bits per heavy atom. The average Bonchev–Trinajstić information content (AvgIpc) is 2.54. The number of nitrogens with two attached hydrogens (primary N) is 1. The molecule has 4 nitrogen and oxygen atoms in total. The van der Waals surface area contributed by atoms with E-state index in [9.17, 15) is 13.6 Å². The number of carbonyl (C=O) groups excluding carboxylic acids is 1. The van der Waals surface area contributed by atoms with Gasteiger partial charge in [0.25, 0.3) is 0 Å². The van der Waals surface area contributed by atoms with Crippen molar-refractivity contribution in [2.75, 3.05) is 5.73 Å². The molecule has 7 heteroatoms. The summed E-state index contributed by atoms with van der Waals surface area (Å²) in [6.45, 7) is -1.18. The van der Waals surface area contributed by atoms with Crippen molar-refractivity contribution < 1.29 is 18.3 Å². The second-order valence-corrected chi connectivity index (χ2v) is 5.40. The Hall–Kier alpha value is -2.34. The fraction of sp³-hybridized carbons (Fsp3) is 0.278. The molecule has 0 aliphatic rings. The molecule has 0 fully saturated rings. The van der Waals surface area contributed by atoms with Crippen molar-refractivity contribution in [1.29, 1.82) is 0 Å². The fourth-order valence-corrected chi connectivity index (χ4v) is 2.44. The van der Waals surface area contributed by atoms with Crippen molar-refractivity contribution in [1.82, 2.24) is 5.32 Å². The topological polar surface area (TPSA) is 64.4 Å². The van der Waals surface area contributed by atoms with Gasteiger partial charge in [-0.05, 0) is 31.0 Å². The number of benzene rings is 2. The quantitative estimate of drug-likeness (QED) is 0.721. The number of para-hydroxylation sites is 2. The van der Waals surface area contributed by atoms with E-state index in [1.165, 1.54) is 6.07 Å². The van der Waals surface area contributed by atoms with Crippen LogP contribution >= 0.6 is 12.4 Å². The number of rotatable bonds is 7. The van der Waals surface area contributed by atoms with Crippen LogP contribution in [0.25, 0.3) is 0 Å². The average molecular weight is 371 g/mol. The van der Waals surface area contributed by atoms with Gasteiger partial charge in [-0.2, -0.15) is 8.78 Å². The first-order valence-electron chi connectivity index (χ1n) is 7.64. The lowest BCUT2D eigenvalue weighted by molar-refractivity contribution is -0.121. The van der Waals surface area contributed by atoms with E-state index in [1.807, 2.05) is 18.2 Å². The number of halogens is 3. The molecule has 0 aromatic heterocycles. The predicted molar refractivity (Wildman–Crippen MR) is 96.1 cm³/mol. The van der Waals surface area contributed by atoms with Gasteiger partial charge in [0, 0.05) is 17.7 Å². The maximum atomic E-state index is 12.5. The Balaban J connectivity index is 0.00000312. The molecule has 1 atom stereocenters. The molecule has 2 aromatic rings. The molecular weight excluding hydrogens is 350 g/mol. The Labute approximate surface area is 151 Å². The highest BCUT2D eigenvalue weighted by Crippen LogP contribution is 2.26. The number of alkyl halides is 2. The first kappa shape index (κ1) is 20.7. The maximum absolute atomic E-state index is 12.5. The molecule has 0 bridgehead atoms. The van der Waals surface area contributed by atoms with E-state index in [0.29, 0.717) is 17.7 Å². The van der Waals surface area contributed by atoms with Gasteiger partial charge in [-0.15, -0.1) is 12.4 Å². The zero-order valence-corrected chi connectivity index (χ0v) is 14.6. The summed E-state index contributed by atoms with van der Waals surface area (Å²) < 4.78 is 29.4. The lowest BCUT2D eigenvalue weighted by Crippen LogP contribution is -2.27. The third kappa shape index (κ3) is 6.23. The van der Waals surface area contributed by atoms with E-state index in [4.69, 9.17) is 5.73 Å². The smallest absolute Gasteiger partial charge is 0.387 e. The van der Waals surface area contributed by atoms with E-state index >= 15 is 0 Å². The van der Waals surface area contributed by atoms with Crippen LogP contribution in [0.4, 0.5) is 14.5 Å². The van der Waals surface area contributed by atoms with Crippen molar-refractivity contribution in [2.24, 2.45) is 0 Å². The Morgan fingerprint density at radius 2 is 1.80 bits per heavy atom. The monoisotopic (exact) mass is 370 g/mol. The van der Waals surface area contributed by atoms with Crippen LogP contribution < -0.4 is 15.8 Å². The van der Waals surface area contributed by atoms with Crippen LogP contribution in [0.2, 0.25) is 0 Å². The molecule has 2 aromatic carbocycles. The highest BCUT2D eigenvalue weighted by molar-refractivity contribution is 5.85. The largest absolute Gasteiger partial charge is 0.434 e. The molecule has 25 heavy (non-hydrogen) atoms. The van der Waals surface area contributed by atoms with Gasteiger partial charge >= 0.3 is 6.61 Å². The van der Waals surface area contributed by atoms with Crippen LogP contribution in [0, 0.1) is 0 Å². The number of nitrogens with one attached hydrogen (secondary N) is 1. The third-order valence-corrected chi connectivity index (χ3v) is 3.66. The van der Waals surface area contributed by atoms with Gasteiger partial charge in [0.15, 0.2) is 0 Å². The second kappa shape index (κ2) is 9.84. The summed E-state index contributed by atoms with van der Waals surface area (Å²) in [5.41, 5.74) is 7.90. The summed E-state index contributed by atoms with van der Waals surface area (Å²) in [5, 5.41) is 2.79. The van der Waals surface area contributed by atoms with Crippen LogP contribution in [0.15, 0.2) is 48.5 Å². The van der Waals surface area contributed by atoms with Crippen LogP contribution in [0.1, 0.15) is 30.5 Å². The van der Waals surface area contributed by atoms with Crippen molar-refractivity contribution in [3.63, 3.8) is 0 Å². The summed E-state index contributed by atoms with van der Waals surface area (Å²) in [4.78, 5) is 12.1. The maximum Gasteiger partial charge on any atom is 0.387 e. The molecule has 0 saturated heterocycles.